The molecule has 0 heterocycles. The second-order valence-corrected chi connectivity index (χ2v) is 3.37. The number of unbranched alkanes of at least 4 members (excludes halogenated alkanes) is 1. The molecule has 0 saturated heterocycles. The van der Waals surface area contributed by atoms with E-state index >= 15 is 0 Å². The minimum absolute atomic E-state index is 0.895. The monoisotopic (exact) mass is 153 g/mol. The quantitative estimate of drug-likeness (QED) is 0.472. The van der Waals surface area contributed by atoms with Gasteiger partial charge < -0.3 is 5.32 Å². The maximum atomic E-state index is 3.49. The molecule has 1 N–H and O–H groups in total. The summed E-state index contributed by atoms with van der Waals surface area (Å²) in [5, 5.41) is 3.49. The highest BCUT2D eigenvalue weighted by Crippen LogP contribution is 2.15. The molecule has 1 aliphatic carbocycles. The summed E-state index contributed by atoms with van der Waals surface area (Å²) in [5.41, 5.74) is 0. The van der Waals surface area contributed by atoms with Crippen molar-refractivity contribution in [3.05, 3.63) is 12.2 Å². The van der Waals surface area contributed by atoms with Crippen LogP contribution in [0.15, 0.2) is 12.2 Å². The molecule has 0 unspecified atom stereocenters. The zero-order chi connectivity index (χ0) is 7.94. The molecule has 1 nitrogen and oxygen atoms in total. The van der Waals surface area contributed by atoms with E-state index in [1.54, 1.807) is 0 Å². The van der Waals surface area contributed by atoms with Crippen LogP contribution in [0.3, 0.4) is 0 Å². The van der Waals surface area contributed by atoms with Crippen molar-refractivity contribution in [1.29, 1.82) is 0 Å². The Morgan fingerprint density at radius 3 is 2.73 bits per heavy atom. The van der Waals surface area contributed by atoms with Crippen molar-refractivity contribution < 1.29 is 0 Å². The fourth-order valence-electron chi connectivity index (χ4n) is 1.45. The molecule has 1 heteroatoms. The predicted molar refractivity (Wildman–Crippen MR) is 49.6 cm³/mol. The van der Waals surface area contributed by atoms with Crippen molar-refractivity contribution in [2.45, 2.75) is 32.6 Å². The van der Waals surface area contributed by atoms with Gasteiger partial charge in [0.15, 0.2) is 0 Å². The third-order valence-electron chi connectivity index (χ3n) is 2.25. The van der Waals surface area contributed by atoms with Gasteiger partial charge in [0.2, 0.25) is 0 Å². The SMILES string of the molecule is CCCCNCC1CC=CC1. The molecule has 0 fully saturated rings. The molecule has 0 bridgehead atoms. The van der Waals surface area contributed by atoms with Gasteiger partial charge in [-0.3, -0.25) is 0 Å². The lowest BCUT2D eigenvalue weighted by atomic mass is 10.1. The van der Waals surface area contributed by atoms with Crippen LogP contribution in [0.5, 0.6) is 0 Å². The summed E-state index contributed by atoms with van der Waals surface area (Å²) >= 11 is 0. The number of rotatable bonds is 5. The molecular weight excluding hydrogens is 134 g/mol. The van der Waals surface area contributed by atoms with Gasteiger partial charge in [-0.1, -0.05) is 25.5 Å². The molecule has 0 saturated carbocycles. The van der Waals surface area contributed by atoms with E-state index in [2.05, 4.69) is 24.4 Å². The Bertz CT molecular complexity index is 110. The summed E-state index contributed by atoms with van der Waals surface area (Å²) in [4.78, 5) is 0. The van der Waals surface area contributed by atoms with E-state index in [9.17, 15) is 0 Å². The lowest BCUT2D eigenvalue weighted by Crippen LogP contribution is -2.22. The Morgan fingerprint density at radius 1 is 1.36 bits per heavy atom. The average molecular weight is 153 g/mol. The molecule has 0 amide bonds. The zero-order valence-electron chi connectivity index (χ0n) is 7.47. The number of hydrogen-bond acceptors (Lipinski definition) is 1. The van der Waals surface area contributed by atoms with E-state index in [-0.39, 0.29) is 0 Å². The third kappa shape index (κ3) is 3.57. The van der Waals surface area contributed by atoms with E-state index in [1.807, 2.05) is 0 Å². The lowest BCUT2D eigenvalue weighted by molar-refractivity contribution is 0.497. The van der Waals surface area contributed by atoms with Gasteiger partial charge in [-0.05, 0) is 38.3 Å². The Morgan fingerprint density at radius 2 is 2.09 bits per heavy atom. The van der Waals surface area contributed by atoms with E-state index < -0.39 is 0 Å². The zero-order valence-corrected chi connectivity index (χ0v) is 7.47. The van der Waals surface area contributed by atoms with Crippen LogP contribution in [0.25, 0.3) is 0 Å². The first-order valence-electron chi connectivity index (χ1n) is 4.79. The largest absolute Gasteiger partial charge is 0.316 e. The molecule has 64 valence electrons. The molecule has 1 rings (SSSR count). The summed E-state index contributed by atoms with van der Waals surface area (Å²) in [5.74, 6) is 0.895. The Kier molecular flexibility index (Phi) is 4.29. The van der Waals surface area contributed by atoms with Gasteiger partial charge in [0.05, 0.1) is 0 Å². The summed E-state index contributed by atoms with van der Waals surface area (Å²) in [6.45, 7) is 4.65. The van der Waals surface area contributed by atoms with Gasteiger partial charge in [-0.25, -0.2) is 0 Å². The standard InChI is InChI=1S/C10H19N/c1-2-3-8-11-9-10-6-4-5-7-10/h4-5,10-11H,2-3,6-9H2,1H3. The highest BCUT2D eigenvalue weighted by Gasteiger charge is 2.08. The molecule has 0 spiro atoms. The molecule has 0 aromatic heterocycles. The van der Waals surface area contributed by atoms with Gasteiger partial charge in [0.25, 0.3) is 0 Å². The second kappa shape index (κ2) is 5.36. The molecule has 0 radical (unpaired) electrons. The van der Waals surface area contributed by atoms with Crippen LogP contribution < -0.4 is 5.32 Å². The minimum Gasteiger partial charge on any atom is -0.316 e. The molecular formula is C10H19N. The van der Waals surface area contributed by atoms with Crippen LogP contribution >= 0.6 is 0 Å². The fraction of sp³-hybridized carbons (Fsp3) is 0.800. The molecule has 11 heavy (non-hydrogen) atoms. The van der Waals surface area contributed by atoms with Crippen LogP contribution in [0, 0.1) is 5.92 Å². The first kappa shape index (κ1) is 8.79. The van der Waals surface area contributed by atoms with E-state index in [4.69, 9.17) is 0 Å². The number of hydrogen-bond donors (Lipinski definition) is 1. The Balaban J connectivity index is 1.87. The number of allylic oxidation sites excluding steroid dienone is 2. The van der Waals surface area contributed by atoms with Gasteiger partial charge in [-0.2, -0.15) is 0 Å². The first-order chi connectivity index (χ1) is 5.43. The van der Waals surface area contributed by atoms with E-state index in [0.29, 0.717) is 0 Å². The smallest absolute Gasteiger partial charge is 0.00146 e. The van der Waals surface area contributed by atoms with Crippen molar-refractivity contribution in [3.8, 4) is 0 Å². The van der Waals surface area contributed by atoms with Gasteiger partial charge in [0, 0.05) is 0 Å². The van der Waals surface area contributed by atoms with Crippen molar-refractivity contribution in [2.24, 2.45) is 5.92 Å². The van der Waals surface area contributed by atoms with Crippen LogP contribution in [0.4, 0.5) is 0 Å². The maximum absolute atomic E-state index is 3.49. The molecule has 0 aromatic carbocycles. The first-order valence-corrected chi connectivity index (χ1v) is 4.79. The van der Waals surface area contributed by atoms with Crippen LogP contribution in [0.1, 0.15) is 32.6 Å². The Labute approximate surface area is 69.9 Å². The van der Waals surface area contributed by atoms with E-state index in [1.165, 1.54) is 38.8 Å². The van der Waals surface area contributed by atoms with Gasteiger partial charge in [0.1, 0.15) is 0 Å². The summed E-state index contributed by atoms with van der Waals surface area (Å²) in [6.07, 6.45) is 9.80. The van der Waals surface area contributed by atoms with Crippen molar-refractivity contribution in [1.82, 2.24) is 5.32 Å². The van der Waals surface area contributed by atoms with Gasteiger partial charge in [-0.15, -0.1) is 0 Å². The van der Waals surface area contributed by atoms with Crippen molar-refractivity contribution >= 4 is 0 Å². The third-order valence-corrected chi connectivity index (χ3v) is 2.25. The molecule has 0 atom stereocenters. The minimum atomic E-state index is 0.895. The second-order valence-electron chi connectivity index (χ2n) is 3.37. The maximum Gasteiger partial charge on any atom is -0.00146 e. The van der Waals surface area contributed by atoms with Crippen LogP contribution in [-0.2, 0) is 0 Å². The molecule has 0 aliphatic heterocycles. The van der Waals surface area contributed by atoms with Crippen LogP contribution in [-0.4, -0.2) is 13.1 Å². The molecule has 0 aromatic rings. The topological polar surface area (TPSA) is 12.0 Å². The fourth-order valence-corrected chi connectivity index (χ4v) is 1.45. The number of nitrogens with one attached hydrogen (secondary N) is 1. The average Bonchev–Trinajstić information content (AvgIpc) is 2.50. The Hall–Kier alpha value is -0.300. The van der Waals surface area contributed by atoms with Crippen molar-refractivity contribution in [3.63, 3.8) is 0 Å². The summed E-state index contributed by atoms with van der Waals surface area (Å²) < 4.78 is 0. The van der Waals surface area contributed by atoms with Crippen LogP contribution in [0.2, 0.25) is 0 Å². The van der Waals surface area contributed by atoms with Gasteiger partial charge >= 0.3 is 0 Å². The van der Waals surface area contributed by atoms with Crippen molar-refractivity contribution in [2.75, 3.05) is 13.1 Å². The normalized spacial score (nSPS) is 17.9. The molecule has 1 aliphatic rings. The predicted octanol–water partition coefficient (Wildman–Crippen LogP) is 2.34. The summed E-state index contributed by atoms with van der Waals surface area (Å²) in [7, 11) is 0. The van der Waals surface area contributed by atoms with E-state index in [0.717, 1.165) is 5.92 Å². The highest BCUT2D eigenvalue weighted by atomic mass is 14.8. The highest BCUT2D eigenvalue weighted by molar-refractivity contribution is 4.94. The summed E-state index contributed by atoms with van der Waals surface area (Å²) in [6, 6.07) is 0. The lowest BCUT2D eigenvalue weighted by Gasteiger charge is -2.09.